The summed E-state index contributed by atoms with van der Waals surface area (Å²) in [5, 5.41) is 8.84. The molecule has 6 heteroatoms. The number of rotatable bonds is 5. The highest BCUT2D eigenvalue weighted by atomic mass is 16.2. The molecular formula is C22H28N4O2. The van der Waals surface area contributed by atoms with E-state index in [0.29, 0.717) is 6.54 Å². The number of hydrogen-bond acceptors (Lipinski definition) is 3. The van der Waals surface area contributed by atoms with E-state index in [1.807, 2.05) is 56.3 Å². The van der Waals surface area contributed by atoms with Crippen molar-refractivity contribution in [2.24, 2.45) is 0 Å². The van der Waals surface area contributed by atoms with E-state index in [9.17, 15) is 9.59 Å². The average Bonchev–Trinajstić information content (AvgIpc) is 2.63. The van der Waals surface area contributed by atoms with Gasteiger partial charge in [-0.15, -0.1) is 0 Å². The average molecular weight is 380 g/mol. The molecule has 1 fully saturated rings. The van der Waals surface area contributed by atoms with Gasteiger partial charge in [0.15, 0.2) is 0 Å². The standard InChI is InChI=1S/C22H28N4O2/c1-16-12-17(2)14-20(13-16)23-21(27)15-26-10-8-19(9-11-26)25-22(28)24-18-6-4-3-5-7-18/h3-7,12-14,19H,8-11,15H2,1-2H3,(H,23,27)(H2,24,25,28). The molecule has 1 heterocycles. The first kappa shape index (κ1) is 19.9. The molecule has 148 valence electrons. The number of likely N-dealkylation sites (tertiary alicyclic amines) is 1. The van der Waals surface area contributed by atoms with Gasteiger partial charge in [-0.25, -0.2) is 4.79 Å². The molecule has 2 aromatic rings. The van der Waals surface area contributed by atoms with Crippen molar-refractivity contribution in [1.29, 1.82) is 0 Å². The van der Waals surface area contributed by atoms with Crippen molar-refractivity contribution in [3.63, 3.8) is 0 Å². The van der Waals surface area contributed by atoms with Gasteiger partial charge in [0.2, 0.25) is 5.91 Å². The smallest absolute Gasteiger partial charge is 0.319 e. The van der Waals surface area contributed by atoms with E-state index in [4.69, 9.17) is 0 Å². The second-order valence-electron chi connectivity index (χ2n) is 7.44. The number of urea groups is 1. The van der Waals surface area contributed by atoms with Gasteiger partial charge < -0.3 is 16.0 Å². The molecule has 0 aliphatic carbocycles. The second kappa shape index (κ2) is 9.37. The molecule has 0 unspecified atom stereocenters. The lowest BCUT2D eigenvalue weighted by Crippen LogP contribution is -2.47. The number of aryl methyl sites for hydroxylation is 2. The van der Waals surface area contributed by atoms with Gasteiger partial charge in [-0.1, -0.05) is 24.3 Å². The molecule has 0 radical (unpaired) electrons. The lowest BCUT2D eigenvalue weighted by Gasteiger charge is -2.31. The summed E-state index contributed by atoms with van der Waals surface area (Å²) >= 11 is 0. The van der Waals surface area contributed by atoms with Crippen LogP contribution in [-0.4, -0.2) is 42.5 Å². The van der Waals surface area contributed by atoms with Crippen molar-refractivity contribution in [2.75, 3.05) is 30.3 Å². The molecule has 2 aromatic carbocycles. The van der Waals surface area contributed by atoms with E-state index < -0.39 is 0 Å². The highest BCUT2D eigenvalue weighted by Gasteiger charge is 2.22. The second-order valence-corrected chi connectivity index (χ2v) is 7.44. The van der Waals surface area contributed by atoms with Crippen molar-refractivity contribution in [3.05, 3.63) is 59.7 Å². The van der Waals surface area contributed by atoms with E-state index in [0.717, 1.165) is 48.4 Å². The molecule has 0 spiro atoms. The normalized spacial score (nSPS) is 15.1. The first-order valence-electron chi connectivity index (χ1n) is 9.71. The maximum atomic E-state index is 12.3. The third kappa shape index (κ3) is 6.09. The third-order valence-corrected chi connectivity index (χ3v) is 4.83. The zero-order chi connectivity index (χ0) is 19.9. The van der Waals surface area contributed by atoms with Crippen LogP contribution in [0.2, 0.25) is 0 Å². The highest BCUT2D eigenvalue weighted by molar-refractivity contribution is 5.92. The molecule has 0 aromatic heterocycles. The molecule has 6 nitrogen and oxygen atoms in total. The largest absolute Gasteiger partial charge is 0.335 e. The molecule has 1 aliphatic heterocycles. The van der Waals surface area contributed by atoms with E-state index in [-0.39, 0.29) is 18.0 Å². The molecule has 0 saturated carbocycles. The van der Waals surface area contributed by atoms with Crippen molar-refractivity contribution in [3.8, 4) is 0 Å². The fourth-order valence-corrected chi connectivity index (χ4v) is 3.56. The van der Waals surface area contributed by atoms with Crippen LogP contribution in [0, 0.1) is 13.8 Å². The molecule has 3 rings (SSSR count). The molecular weight excluding hydrogens is 352 g/mol. The summed E-state index contributed by atoms with van der Waals surface area (Å²) in [7, 11) is 0. The summed E-state index contributed by atoms with van der Waals surface area (Å²) in [6.45, 7) is 5.99. The zero-order valence-electron chi connectivity index (χ0n) is 16.5. The van der Waals surface area contributed by atoms with Gasteiger partial charge in [-0.05, 0) is 62.1 Å². The maximum absolute atomic E-state index is 12.3. The molecule has 3 N–H and O–H groups in total. The Morgan fingerprint density at radius 3 is 2.21 bits per heavy atom. The summed E-state index contributed by atoms with van der Waals surface area (Å²) in [5.74, 6) is -0.00164. The van der Waals surface area contributed by atoms with Gasteiger partial charge in [0.1, 0.15) is 0 Å². The van der Waals surface area contributed by atoms with Gasteiger partial charge in [0.05, 0.1) is 6.54 Å². The van der Waals surface area contributed by atoms with E-state index in [2.05, 4.69) is 26.9 Å². The SMILES string of the molecule is Cc1cc(C)cc(NC(=O)CN2CCC(NC(=O)Nc3ccccc3)CC2)c1. The Morgan fingerprint density at radius 2 is 1.57 bits per heavy atom. The minimum Gasteiger partial charge on any atom is -0.335 e. The van der Waals surface area contributed by atoms with Crippen molar-refractivity contribution >= 4 is 23.3 Å². The predicted molar refractivity (Wildman–Crippen MR) is 113 cm³/mol. The van der Waals surface area contributed by atoms with Crippen LogP contribution < -0.4 is 16.0 Å². The fourth-order valence-electron chi connectivity index (χ4n) is 3.56. The molecule has 3 amide bonds. The number of hydrogen-bond donors (Lipinski definition) is 3. The number of carbonyl (C=O) groups excluding carboxylic acids is 2. The van der Waals surface area contributed by atoms with Crippen molar-refractivity contribution in [2.45, 2.75) is 32.7 Å². The topological polar surface area (TPSA) is 73.5 Å². The molecule has 0 atom stereocenters. The lowest BCUT2D eigenvalue weighted by molar-refractivity contribution is -0.117. The van der Waals surface area contributed by atoms with Gasteiger partial charge >= 0.3 is 6.03 Å². The Morgan fingerprint density at radius 1 is 0.929 bits per heavy atom. The fraction of sp³-hybridized carbons (Fsp3) is 0.364. The van der Waals surface area contributed by atoms with Crippen LogP contribution in [0.3, 0.4) is 0 Å². The van der Waals surface area contributed by atoms with Crippen LogP contribution in [0.1, 0.15) is 24.0 Å². The Hall–Kier alpha value is -2.86. The van der Waals surface area contributed by atoms with Gasteiger partial charge in [-0.2, -0.15) is 0 Å². The summed E-state index contributed by atoms with van der Waals surface area (Å²) < 4.78 is 0. The maximum Gasteiger partial charge on any atom is 0.319 e. The minimum atomic E-state index is -0.183. The Kier molecular flexibility index (Phi) is 6.66. The van der Waals surface area contributed by atoms with Crippen LogP contribution in [0.5, 0.6) is 0 Å². The van der Waals surface area contributed by atoms with Crippen LogP contribution in [0.4, 0.5) is 16.2 Å². The number of para-hydroxylation sites is 1. The van der Waals surface area contributed by atoms with Crippen molar-refractivity contribution < 1.29 is 9.59 Å². The van der Waals surface area contributed by atoms with Crippen molar-refractivity contribution in [1.82, 2.24) is 10.2 Å². The van der Waals surface area contributed by atoms with Crippen LogP contribution in [0.25, 0.3) is 0 Å². The number of carbonyl (C=O) groups is 2. The Labute approximate surface area is 166 Å². The molecule has 1 aliphatic rings. The lowest BCUT2D eigenvalue weighted by atomic mass is 10.1. The summed E-state index contributed by atoms with van der Waals surface area (Å²) in [4.78, 5) is 26.6. The van der Waals surface area contributed by atoms with Crippen LogP contribution in [-0.2, 0) is 4.79 Å². The summed E-state index contributed by atoms with van der Waals surface area (Å²) in [5.41, 5.74) is 3.89. The third-order valence-electron chi connectivity index (χ3n) is 4.83. The quantitative estimate of drug-likeness (QED) is 0.743. The number of anilines is 2. The molecule has 28 heavy (non-hydrogen) atoms. The summed E-state index contributed by atoms with van der Waals surface area (Å²) in [6.07, 6.45) is 1.66. The first-order valence-corrected chi connectivity index (χ1v) is 9.71. The molecule has 0 bridgehead atoms. The molecule has 1 saturated heterocycles. The van der Waals surface area contributed by atoms with E-state index >= 15 is 0 Å². The first-order chi connectivity index (χ1) is 13.5. The number of amides is 3. The zero-order valence-corrected chi connectivity index (χ0v) is 16.5. The van der Waals surface area contributed by atoms with Crippen LogP contribution >= 0.6 is 0 Å². The minimum absolute atomic E-state index is 0.00164. The number of nitrogens with zero attached hydrogens (tertiary/aromatic N) is 1. The van der Waals surface area contributed by atoms with Gasteiger partial charge in [-0.3, -0.25) is 9.69 Å². The van der Waals surface area contributed by atoms with Gasteiger partial charge in [0, 0.05) is 30.5 Å². The van der Waals surface area contributed by atoms with E-state index in [1.165, 1.54) is 0 Å². The van der Waals surface area contributed by atoms with E-state index in [1.54, 1.807) is 0 Å². The van der Waals surface area contributed by atoms with Crippen LogP contribution in [0.15, 0.2) is 48.5 Å². The Balaban J connectivity index is 1.40. The van der Waals surface area contributed by atoms with Gasteiger partial charge in [0.25, 0.3) is 0 Å². The predicted octanol–water partition coefficient (Wildman–Crippen LogP) is 3.53. The number of piperidine rings is 1. The Bertz CT molecular complexity index is 794. The number of nitrogens with one attached hydrogen (secondary N) is 3. The highest BCUT2D eigenvalue weighted by Crippen LogP contribution is 2.15. The number of benzene rings is 2. The summed E-state index contributed by atoms with van der Waals surface area (Å²) in [6, 6.07) is 15.4. The monoisotopic (exact) mass is 380 g/mol.